The zero-order chi connectivity index (χ0) is 16.1. The topological polar surface area (TPSA) is 80.7 Å². The molecule has 2 atom stereocenters. The molecule has 1 aromatic rings. The Bertz CT molecular complexity index is 487. The van der Waals surface area contributed by atoms with Crippen LogP contribution in [0.15, 0.2) is 16.5 Å². The van der Waals surface area contributed by atoms with E-state index in [9.17, 15) is 4.79 Å². The van der Waals surface area contributed by atoms with Gasteiger partial charge in [0.05, 0.1) is 25.3 Å². The highest BCUT2D eigenvalue weighted by Crippen LogP contribution is 2.23. The van der Waals surface area contributed by atoms with Gasteiger partial charge in [-0.15, -0.1) is 12.4 Å². The zero-order valence-electron chi connectivity index (χ0n) is 14.1. The predicted octanol–water partition coefficient (Wildman–Crippen LogP) is 1.48. The van der Waals surface area contributed by atoms with Crippen molar-refractivity contribution >= 4 is 18.3 Å². The smallest absolute Gasteiger partial charge is 0.237 e. The lowest BCUT2D eigenvalue weighted by molar-refractivity contribution is -0.123. The number of hydrogen-bond donors (Lipinski definition) is 2. The summed E-state index contributed by atoms with van der Waals surface area (Å²) in [5.74, 6) is 1.75. The summed E-state index contributed by atoms with van der Waals surface area (Å²) in [6, 6.07) is 3.46. The summed E-state index contributed by atoms with van der Waals surface area (Å²) in [5, 5.41) is 2.96. The van der Waals surface area contributed by atoms with Crippen molar-refractivity contribution in [3.05, 3.63) is 23.7 Å². The van der Waals surface area contributed by atoms with E-state index >= 15 is 0 Å². The maximum Gasteiger partial charge on any atom is 0.237 e. The third-order valence-corrected chi connectivity index (χ3v) is 4.07. The van der Waals surface area contributed by atoms with Gasteiger partial charge in [-0.2, -0.15) is 0 Å². The first kappa shape index (κ1) is 20.0. The molecule has 0 aliphatic carbocycles. The minimum atomic E-state index is -0.483. The molecule has 1 aliphatic rings. The van der Waals surface area contributed by atoms with Crippen molar-refractivity contribution in [2.45, 2.75) is 32.9 Å². The van der Waals surface area contributed by atoms with Gasteiger partial charge in [-0.05, 0) is 25.0 Å². The highest BCUT2D eigenvalue weighted by atomic mass is 35.5. The third kappa shape index (κ3) is 5.49. The van der Waals surface area contributed by atoms with Gasteiger partial charge in [0.1, 0.15) is 11.5 Å². The second-order valence-corrected chi connectivity index (χ2v) is 6.13. The summed E-state index contributed by atoms with van der Waals surface area (Å²) in [6.45, 7) is 9.37. The van der Waals surface area contributed by atoms with Crippen LogP contribution in [0.5, 0.6) is 0 Å². The van der Waals surface area contributed by atoms with Crippen LogP contribution in [-0.2, 0) is 9.53 Å². The molecular formula is C16H28ClN3O3. The Kier molecular flexibility index (Phi) is 8.05. The van der Waals surface area contributed by atoms with Gasteiger partial charge in [0.2, 0.25) is 5.91 Å². The normalized spacial score (nSPS) is 18.3. The van der Waals surface area contributed by atoms with E-state index in [1.54, 1.807) is 0 Å². The molecule has 0 aromatic carbocycles. The number of amides is 1. The number of morpholine rings is 1. The van der Waals surface area contributed by atoms with Gasteiger partial charge in [-0.25, -0.2) is 0 Å². The van der Waals surface area contributed by atoms with E-state index in [2.05, 4.69) is 10.2 Å². The van der Waals surface area contributed by atoms with Gasteiger partial charge in [-0.1, -0.05) is 13.8 Å². The molecule has 2 heterocycles. The van der Waals surface area contributed by atoms with Gasteiger partial charge in [0.25, 0.3) is 0 Å². The van der Waals surface area contributed by atoms with Crippen molar-refractivity contribution in [2.24, 2.45) is 11.7 Å². The van der Waals surface area contributed by atoms with Gasteiger partial charge in [0.15, 0.2) is 0 Å². The molecular weight excluding hydrogens is 318 g/mol. The Morgan fingerprint density at radius 3 is 2.52 bits per heavy atom. The number of nitrogens with one attached hydrogen (secondary N) is 1. The molecule has 1 fully saturated rings. The van der Waals surface area contributed by atoms with Crippen LogP contribution >= 0.6 is 12.4 Å². The molecule has 0 saturated carbocycles. The van der Waals surface area contributed by atoms with Crippen molar-refractivity contribution in [1.82, 2.24) is 10.2 Å². The van der Waals surface area contributed by atoms with Gasteiger partial charge in [-0.3, -0.25) is 9.69 Å². The number of nitrogens with zero attached hydrogens (tertiary/aromatic N) is 1. The standard InChI is InChI=1S/C16H27N3O3.ClH/c1-11(2)15(17)16(20)18-10-13(14-5-4-12(3)22-14)19-6-8-21-9-7-19;/h4-5,11,13,15H,6-10,17H2,1-3H3,(H,18,20);1H/t13?,15-;/m0./s1. The number of rotatable bonds is 6. The molecule has 0 spiro atoms. The van der Waals surface area contributed by atoms with Crippen LogP contribution in [0.2, 0.25) is 0 Å². The quantitative estimate of drug-likeness (QED) is 0.816. The fourth-order valence-electron chi connectivity index (χ4n) is 2.55. The second-order valence-electron chi connectivity index (χ2n) is 6.13. The first-order chi connectivity index (χ1) is 10.5. The van der Waals surface area contributed by atoms with E-state index in [1.165, 1.54) is 0 Å². The van der Waals surface area contributed by atoms with Crippen molar-refractivity contribution in [1.29, 1.82) is 0 Å². The summed E-state index contributed by atoms with van der Waals surface area (Å²) >= 11 is 0. The highest BCUT2D eigenvalue weighted by molar-refractivity contribution is 5.85. The van der Waals surface area contributed by atoms with Gasteiger partial charge < -0.3 is 20.2 Å². The predicted molar refractivity (Wildman–Crippen MR) is 91.6 cm³/mol. The van der Waals surface area contributed by atoms with Crippen LogP contribution in [0.4, 0.5) is 0 Å². The number of carbonyl (C=O) groups excluding carboxylic acids is 1. The minimum absolute atomic E-state index is 0. The van der Waals surface area contributed by atoms with E-state index in [-0.39, 0.29) is 30.3 Å². The third-order valence-electron chi connectivity index (χ3n) is 4.07. The number of halogens is 1. The number of aryl methyl sites for hydroxylation is 1. The first-order valence-electron chi connectivity index (χ1n) is 7.90. The zero-order valence-corrected chi connectivity index (χ0v) is 14.9. The van der Waals surface area contributed by atoms with E-state index < -0.39 is 6.04 Å². The summed E-state index contributed by atoms with van der Waals surface area (Å²) in [5.41, 5.74) is 5.90. The fraction of sp³-hybridized carbons (Fsp3) is 0.688. The first-order valence-corrected chi connectivity index (χ1v) is 7.90. The molecule has 2 rings (SSSR count). The van der Waals surface area contributed by atoms with Crippen LogP contribution in [-0.4, -0.2) is 49.7 Å². The number of hydrogen-bond acceptors (Lipinski definition) is 5. The average Bonchev–Trinajstić information content (AvgIpc) is 2.93. The number of nitrogens with two attached hydrogens (primary N) is 1. The molecule has 0 radical (unpaired) electrons. The molecule has 1 saturated heterocycles. The molecule has 23 heavy (non-hydrogen) atoms. The van der Waals surface area contributed by atoms with Crippen LogP contribution in [0.1, 0.15) is 31.4 Å². The number of ether oxygens (including phenoxy) is 1. The van der Waals surface area contributed by atoms with Gasteiger partial charge in [0, 0.05) is 19.6 Å². The van der Waals surface area contributed by atoms with Crippen molar-refractivity contribution in [3.63, 3.8) is 0 Å². The van der Waals surface area contributed by atoms with E-state index in [0.717, 1.165) is 24.6 Å². The molecule has 1 aliphatic heterocycles. The summed E-state index contributed by atoms with van der Waals surface area (Å²) < 4.78 is 11.2. The van der Waals surface area contributed by atoms with Crippen LogP contribution in [0.3, 0.4) is 0 Å². The second kappa shape index (κ2) is 9.27. The Morgan fingerprint density at radius 2 is 2.00 bits per heavy atom. The maximum absolute atomic E-state index is 12.1. The van der Waals surface area contributed by atoms with E-state index in [4.69, 9.17) is 14.9 Å². The molecule has 1 unspecified atom stereocenters. The monoisotopic (exact) mass is 345 g/mol. The summed E-state index contributed by atoms with van der Waals surface area (Å²) in [7, 11) is 0. The molecule has 1 amide bonds. The largest absolute Gasteiger partial charge is 0.465 e. The SMILES string of the molecule is Cc1ccc(C(CNC(=O)[C@@H](N)C(C)C)N2CCOCC2)o1.Cl. The Balaban J connectivity index is 0.00000264. The van der Waals surface area contributed by atoms with Crippen LogP contribution in [0.25, 0.3) is 0 Å². The lowest BCUT2D eigenvalue weighted by Gasteiger charge is -2.33. The minimum Gasteiger partial charge on any atom is -0.465 e. The highest BCUT2D eigenvalue weighted by Gasteiger charge is 2.26. The van der Waals surface area contributed by atoms with Crippen molar-refractivity contribution in [2.75, 3.05) is 32.8 Å². The molecule has 1 aromatic heterocycles. The van der Waals surface area contributed by atoms with Gasteiger partial charge >= 0.3 is 0 Å². The summed E-state index contributed by atoms with van der Waals surface area (Å²) in [6.07, 6.45) is 0. The molecule has 6 nitrogen and oxygen atoms in total. The molecule has 7 heteroatoms. The number of carbonyl (C=O) groups is 1. The van der Waals surface area contributed by atoms with Crippen LogP contribution < -0.4 is 11.1 Å². The molecule has 132 valence electrons. The number of furan rings is 1. The molecule has 3 N–H and O–H groups in total. The Labute approximate surface area is 144 Å². The molecule has 0 bridgehead atoms. The summed E-state index contributed by atoms with van der Waals surface area (Å²) in [4.78, 5) is 14.4. The van der Waals surface area contributed by atoms with Crippen molar-refractivity contribution in [3.8, 4) is 0 Å². The maximum atomic E-state index is 12.1. The van der Waals surface area contributed by atoms with E-state index in [0.29, 0.717) is 19.8 Å². The Hall–Kier alpha value is -1.08. The Morgan fingerprint density at radius 1 is 1.35 bits per heavy atom. The lowest BCUT2D eigenvalue weighted by Crippen LogP contribution is -2.48. The van der Waals surface area contributed by atoms with Crippen molar-refractivity contribution < 1.29 is 13.9 Å². The lowest BCUT2D eigenvalue weighted by atomic mass is 10.0. The fourth-order valence-corrected chi connectivity index (χ4v) is 2.55. The average molecular weight is 346 g/mol. The van der Waals surface area contributed by atoms with E-state index in [1.807, 2.05) is 32.9 Å². The van der Waals surface area contributed by atoms with Crippen LogP contribution in [0, 0.1) is 12.8 Å².